The Balaban J connectivity index is 2.42. The molecular formula is C24H27FOS. The Labute approximate surface area is 165 Å². The normalized spacial score (nSPS) is 11.6. The number of benzene rings is 2. The SMILES string of the molecule is CC(C)c1c(F)c(C(C)C)c(Cc2cccs2)c(-c2ccccc2)c1CO. The lowest BCUT2D eigenvalue weighted by atomic mass is 9.79. The van der Waals surface area contributed by atoms with Crippen molar-refractivity contribution in [1.29, 1.82) is 0 Å². The second kappa shape index (κ2) is 8.37. The molecule has 1 nitrogen and oxygen atoms in total. The van der Waals surface area contributed by atoms with Gasteiger partial charge in [-0.05, 0) is 56.7 Å². The van der Waals surface area contributed by atoms with Crippen LogP contribution in [0, 0.1) is 5.82 Å². The monoisotopic (exact) mass is 382 g/mol. The van der Waals surface area contributed by atoms with E-state index in [4.69, 9.17) is 0 Å². The van der Waals surface area contributed by atoms with Crippen LogP contribution in [0.4, 0.5) is 4.39 Å². The van der Waals surface area contributed by atoms with Crippen molar-refractivity contribution in [2.24, 2.45) is 0 Å². The highest BCUT2D eigenvalue weighted by molar-refractivity contribution is 7.09. The summed E-state index contributed by atoms with van der Waals surface area (Å²) >= 11 is 1.69. The molecule has 0 unspecified atom stereocenters. The van der Waals surface area contributed by atoms with Crippen molar-refractivity contribution in [1.82, 2.24) is 0 Å². The minimum Gasteiger partial charge on any atom is -0.392 e. The van der Waals surface area contributed by atoms with Crippen LogP contribution in [0.15, 0.2) is 47.8 Å². The van der Waals surface area contributed by atoms with Crippen molar-refractivity contribution in [3.8, 4) is 11.1 Å². The highest BCUT2D eigenvalue weighted by Crippen LogP contribution is 2.42. The fourth-order valence-corrected chi connectivity index (χ4v) is 4.67. The molecule has 1 N–H and O–H groups in total. The predicted molar refractivity (Wildman–Crippen MR) is 113 cm³/mol. The quantitative estimate of drug-likeness (QED) is 0.492. The first-order chi connectivity index (χ1) is 13.0. The number of halogens is 1. The second-order valence-electron chi connectivity index (χ2n) is 7.56. The fourth-order valence-electron chi connectivity index (χ4n) is 3.95. The van der Waals surface area contributed by atoms with Crippen LogP contribution in [0.5, 0.6) is 0 Å². The lowest BCUT2D eigenvalue weighted by Crippen LogP contribution is -2.13. The molecule has 0 saturated carbocycles. The molecule has 142 valence electrons. The highest BCUT2D eigenvalue weighted by Gasteiger charge is 2.27. The standard InChI is InChI=1S/C24H27FOS/c1-15(2)21-19(13-18-11-8-12-27-18)23(17-9-6-5-7-10-17)20(14-26)22(16(3)4)24(21)25/h5-12,15-16,26H,13-14H2,1-4H3. The Morgan fingerprint density at radius 1 is 0.889 bits per heavy atom. The van der Waals surface area contributed by atoms with Crippen molar-refractivity contribution in [3.63, 3.8) is 0 Å². The van der Waals surface area contributed by atoms with Crippen LogP contribution in [0.25, 0.3) is 11.1 Å². The van der Waals surface area contributed by atoms with Crippen LogP contribution < -0.4 is 0 Å². The summed E-state index contributed by atoms with van der Waals surface area (Å²) in [6, 6.07) is 14.2. The van der Waals surface area contributed by atoms with Gasteiger partial charge in [0.05, 0.1) is 6.61 Å². The third kappa shape index (κ3) is 3.85. The molecule has 1 heterocycles. The molecule has 0 amide bonds. The average molecular weight is 383 g/mol. The number of hydrogen-bond acceptors (Lipinski definition) is 2. The molecule has 0 aliphatic rings. The molecule has 0 spiro atoms. The van der Waals surface area contributed by atoms with Gasteiger partial charge in [0.25, 0.3) is 0 Å². The Morgan fingerprint density at radius 2 is 1.52 bits per heavy atom. The van der Waals surface area contributed by atoms with Crippen LogP contribution in [-0.4, -0.2) is 5.11 Å². The van der Waals surface area contributed by atoms with Crippen LogP contribution in [0.3, 0.4) is 0 Å². The third-order valence-corrected chi connectivity index (χ3v) is 5.91. The summed E-state index contributed by atoms with van der Waals surface area (Å²) in [5.74, 6) is -0.0779. The van der Waals surface area contributed by atoms with Crippen molar-refractivity contribution in [3.05, 3.63) is 80.8 Å². The molecule has 0 radical (unpaired) electrons. The summed E-state index contributed by atoms with van der Waals surface area (Å²) < 4.78 is 15.7. The zero-order chi connectivity index (χ0) is 19.6. The molecular weight excluding hydrogens is 355 g/mol. The maximum Gasteiger partial charge on any atom is 0.130 e. The van der Waals surface area contributed by atoms with E-state index < -0.39 is 0 Å². The molecule has 27 heavy (non-hydrogen) atoms. The maximum absolute atomic E-state index is 15.7. The van der Waals surface area contributed by atoms with Gasteiger partial charge in [-0.2, -0.15) is 0 Å². The second-order valence-corrected chi connectivity index (χ2v) is 8.60. The lowest BCUT2D eigenvalue weighted by molar-refractivity contribution is 0.279. The molecule has 1 aromatic heterocycles. The molecule has 0 bridgehead atoms. The van der Waals surface area contributed by atoms with E-state index in [-0.39, 0.29) is 24.3 Å². The zero-order valence-electron chi connectivity index (χ0n) is 16.4. The van der Waals surface area contributed by atoms with Crippen molar-refractivity contribution < 1.29 is 9.50 Å². The molecule has 2 aromatic carbocycles. The van der Waals surface area contributed by atoms with E-state index in [1.165, 1.54) is 4.88 Å². The van der Waals surface area contributed by atoms with Crippen molar-refractivity contribution in [2.45, 2.75) is 52.6 Å². The largest absolute Gasteiger partial charge is 0.392 e. The number of rotatable bonds is 6. The van der Waals surface area contributed by atoms with E-state index in [0.29, 0.717) is 12.0 Å². The summed E-state index contributed by atoms with van der Waals surface area (Å²) in [7, 11) is 0. The first-order valence-corrected chi connectivity index (χ1v) is 10.4. The summed E-state index contributed by atoms with van der Waals surface area (Å²) in [6.45, 7) is 7.93. The van der Waals surface area contributed by atoms with Gasteiger partial charge in [0.2, 0.25) is 0 Å². The van der Waals surface area contributed by atoms with Crippen molar-refractivity contribution >= 4 is 11.3 Å². The van der Waals surface area contributed by atoms with Crippen LogP contribution in [-0.2, 0) is 13.0 Å². The van der Waals surface area contributed by atoms with E-state index in [1.807, 2.05) is 52.0 Å². The molecule has 3 aromatic rings. The number of aliphatic hydroxyl groups is 1. The van der Waals surface area contributed by atoms with Crippen LogP contribution in [0.2, 0.25) is 0 Å². The summed E-state index contributed by atoms with van der Waals surface area (Å²) in [6.07, 6.45) is 0.678. The predicted octanol–water partition coefficient (Wildman–Crippen LogP) is 6.88. The van der Waals surface area contributed by atoms with Gasteiger partial charge in [-0.3, -0.25) is 0 Å². The molecule has 0 fully saturated rings. The lowest BCUT2D eigenvalue weighted by Gasteiger charge is -2.26. The van der Waals surface area contributed by atoms with E-state index >= 15 is 4.39 Å². The average Bonchev–Trinajstić information content (AvgIpc) is 3.14. The molecule has 0 atom stereocenters. The minimum atomic E-state index is -0.162. The highest BCUT2D eigenvalue weighted by atomic mass is 32.1. The van der Waals surface area contributed by atoms with Gasteiger partial charge in [-0.15, -0.1) is 11.3 Å². The van der Waals surface area contributed by atoms with Gasteiger partial charge < -0.3 is 5.11 Å². The zero-order valence-corrected chi connectivity index (χ0v) is 17.2. The van der Waals surface area contributed by atoms with Gasteiger partial charge in [-0.1, -0.05) is 64.1 Å². The van der Waals surface area contributed by atoms with Crippen molar-refractivity contribution in [2.75, 3.05) is 0 Å². The number of hydrogen-bond donors (Lipinski definition) is 1. The molecule has 3 rings (SSSR count). The maximum atomic E-state index is 15.7. The van der Waals surface area contributed by atoms with E-state index in [1.54, 1.807) is 11.3 Å². The van der Waals surface area contributed by atoms with E-state index in [2.05, 4.69) is 23.6 Å². The first kappa shape index (κ1) is 19.8. The summed E-state index contributed by atoms with van der Waals surface area (Å²) in [5, 5.41) is 12.3. The Hall–Kier alpha value is -1.97. The minimum absolute atomic E-state index is 0.00269. The Kier molecular flexibility index (Phi) is 6.13. The van der Waals surface area contributed by atoms with E-state index in [9.17, 15) is 5.11 Å². The first-order valence-electron chi connectivity index (χ1n) is 9.51. The number of thiophene rings is 1. The van der Waals surface area contributed by atoms with Gasteiger partial charge in [0, 0.05) is 11.3 Å². The van der Waals surface area contributed by atoms with Crippen LogP contribution in [0.1, 0.15) is 66.7 Å². The number of aliphatic hydroxyl groups excluding tert-OH is 1. The molecule has 3 heteroatoms. The van der Waals surface area contributed by atoms with Crippen LogP contribution >= 0.6 is 11.3 Å². The molecule has 0 aliphatic carbocycles. The summed E-state index contributed by atoms with van der Waals surface area (Å²) in [4.78, 5) is 1.20. The van der Waals surface area contributed by atoms with E-state index in [0.717, 1.165) is 27.8 Å². The topological polar surface area (TPSA) is 20.2 Å². The molecule has 0 saturated heterocycles. The Morgan fingerprint density at radius 3 is 2.04 bits per heavy atom. The fraction of sp³-hybridized carbons (Fsp3) is 0.333. The third-order valence-electron chi connectivity index (χ3n) is 5.03. The Bertz CT molecular complexity index is 896. The van der Waals surface area contributed by atoms with Gasteiger partial charge in [0.15, 0.2) is 0 Å². The van der Waals surface area contributed by atoms with Gasteiger partial charge >= 0.3 is 0 Å². The summed E-state index contributed by atoms with van der Waals surface area (Å²) in [5.41, 5.74) is 5.20. The smallest absolute Gasteiger partial charge is 0.130 e. The molecule has 0 aliphatic heterocycles. The van der Waals surface area contributed by atoms with Gasteiger partial charge in [0.1, 0.15) is 5.82 Å². The van der Waals surface area contributed by atoms with Gasteiger partial charge in [-0.25, -0.2) is 4.39 Å².